The van der Waals surface area contributed by atoms with Crippen LogP contribution in [0.3, 0.4) is 0 Å². The molecule has 0 saturated heterocycles. The number of anilines is 2. The summed E-state index contributed by atoms with van der Waals surface area (Å²) < 4.78 is 13.7. The molecule has 6 heteroatoms. The molecular formula is C23H19FN4O. The number of rotatable bonds is 6. The molecule has 0 aliphatic rings. The van der Waals surface area contributed by atoms with Crippen molar-refractivity contribution >= 4 is 28.2 Å². The van der Waals surface area contributed by atoms with Gasteiger partial charge < -0.3 is 10.6 Å². The Hall–Kier alpha value is -3.80. The highest BCUT2D eigenvalue weighted by Crippen LogP contribution is 2.24. The summed E-state index contributed by atoms with van der Waals surface area (Å²) in [6, 6.07) is 19.8. The van der Waals surface area contributed by atoms with Crippen molar-refractivity contribution in [3.63, 3.8) is 0 Å². The van der Waals surface area contributed by atoms with Gasteiger partial charge >= 0.3 is 0 Å². The number of aromatic nitrogens is 2. The average Bonchev–Trinajstić information content (AvgIpc) is 2.75. The van der Waals surface area contributed by atoms with E-state index in [0.29, 0.717) is 18.5 Å². The number of para-hydroxylation sites is 1. The lowest BCUT2D eigenvalue weighted by Gasteiger charge is -2.10. The van der Waals surface area contributed by atoms with Crippen molar-refractivity contribution in [1.82, 2.24) is 15.3 Å². The second kappa shape index (κ2) is 8.48. The number of hydrogen-bond donors (Lipinski definition) is 2. The second-order valence-electron chi connectivity index (χ2n) is 6.53. The van der Waals surface area contributed by atoms with Gasteiger partial charge in [0.1, 0.15) is 11.5 Å². The largest absolute Gasteiger partial charge is 0.354 e. The number of nitrogens with zero attached hydrogens (tertiary/aromatic N) is 2. The number of nitrogens with one attached hydrogen (secondary N) is 2. The van der Waals surface area contributed by atoms with Gasteiger partial charge in [-0.2, -0.15) is 0 Å². The van der Waals surface area contributed by atoms with Crippen LogP contribution in [-0.4, -0.2) is 22.4 Å². The molecule has 0 fully saturated rings. The molecule has 2 aromatic carbocycles. The number of pyridine rings is 2. The van der Waals surface area contributed by atoms with Gasteiger partial charge in [-0.25, -0.2) is 4.39 Å². The van der Waals surface area contributed by atoms with Crippen LogP contribution in [0.1, 0.15) is 16.1 Å². The van der Waals surface area contributed by atoms with E-state index >= 15 is 0 Å². The number of benzene rings is 2. The predicted octanol–water partition coefficient (Wildman–Crippen LogP) is 4.49. The van der Waals surface area contributed by atoms with Crippen molar-refractivity contribution < 1.29 is 9.18 Å². The summed E-state index contributed by atoms with van der Waals surface area (Å²) >= 11 is 0. The minimum atomic E-state index is -0.305. The van der Waals surface area contributed by atoms with Crippen molar-refractivity contribution in [1.29, 1.82) is 0 Å². The number of carbonyl (C=O) groups is 1. The molecule has 0 unspecified atom stereocenters. The van der Waals surface area contributed by atoms with Crippen LogP contribution < -0.4 is 10.6 Å². The standard InChI is InChI=1S/C23H19FN4O/c24-19-8-2-1-5-16(19)10-13-27-23(29)21-15-18(11-14-25-21)28-20-9-3-6-17-7-4-12-26-22(17)20/h1-9,11-12,14-15H,10,13H2,(H,25,28)(H,27,29). The van der Waals surface area contributed by atoms with Crippen molar-refractivity contribution in [2.45, 2.75) is 6.42 Å². The molecule has 2 heterocycles. The zero-order valence-electron chi connectivity index (χ0n) is 15.6. The lowest BCUT2D eigenvalue weighted by Crippen LogP contribution is -2.26. The van der Waals surface area contributed by atoms with E-state index in [-0.39, 0.29) is 17.4 Å². The third-order valence-corrected chi connectivity index (χ3v) is 4.54. The van der Waals surface area contributed by atoms with Gasteiger partial charge in [0.15, 0.2) is 0 Å². The van der Waals surface area contributed by atoms with E-state index in [9.17, 15) is 9.18 Å². The van der Waals surface area contributed by atoms with Gasteiger partial charge in [0.05, 0.1) is 11.2 Å². The maximum Gasteiger partial charge on any atom is 0.269 e. The van der Waals surface area contributed by atoms with Gasteiger partial charge in [-0.15, -0.1) is 0 Å². The molecule has 4 aromatic rings. The minimum Gasteiger partial charge on any atom is -0.354 e. The molecule has 0 spiro atoms. The Kier molecular flexibility index (Phi) is 5.42. The van der Waals surface area contributed by atoms with Crippen LogP contribution in [0.5, 0.6) is 0 Å². The van der Waals surface area contributed by atoms with Crippen LogP contribution in [0.25, 0.3) is 10.9 Å². The molecule has 4 rings (SSSR count). The van der Waals surface area contributed by atoms with Crippen LogP contribution >= 0.6 is 0 Å². The van der Waals surface area contributed by atoms with Crippen LogP contribution in [-0.2, 0) is 6.42 Å². The maximum absolute atomic E-state index is 13.7. The molecule has 0 atom stereocenters. The van der Waals surface area contributed by atoms with E-state index < -0.39 is 0 Å². The molecule has 29 heavy (non-hydrogen) atoms. The molecular weight excluding hydrogens is 367 g/mol. The van der Waals surface area contributed by atoms with Crippen LogP contribution in [0.2, 0.25) is 0 Å². The number of fused-ring (bicyclic) bond motifs is 1. The number of halogens is 1. The predicted molar refractivity (Wildman–Crippen MR) is 112 cm³/mol. The van der Waals surface area contributed by atoms with Gasteiger partial charge in [0.25, 0.3) is 5.91 Å². The quantitative estimate of drug-likeness (QED) is 0.513. The summed E-state index contributed by atoms with van der Waals surface area (Å²) in [5.41, 5.74) is 3.29. The Labute approximate surface area is 167 Å². The molecule has 0 aliphatic heterocycles. The van der Waals surface area contributed by atoms with E-state index in [0.717, 1.165) is 22.3 Å². The number of hydrogen-bond acceptors (Lipinski definition) is 4. The van der Waals surface area contributed by atoms with E-state index in [2.05, 4.69) is 20.6 Å². The van der Waals surface area contributed by atoms with E-state index in [1.165, 1.54) is 6.07 Å². The second-order valence-corrected chi connectivity index (χ2v) is 6.53. The minimum absolute atomic E-state index is 0.269. The van der Waals surface area contributed by atoms with Gasteiger partial charge in [-0.1, -0.05) is 36.4 Å². The lowest BCUT2D eigenvalue weighted by molar-refractivity contribution is 0.0949. The first kappa shape index (κ1) is 18.6. The maximum atomic E-state index is 13.7. The molecule has 0 saturated carbocycles. The Bertz CT molecular complexity index is 1160. The first-order chi connectivity index (χ1) is 14.2. The fourth-order valence-corrected chi connectivity index (χ4v) is 3.10. The first-order valence-electron chi connectivity index (χ1n) is 9.29. The zero-order chi connectivity index (χ0) is 20.1. The molecule has 0 radical (unpaired) electrons. The first-order valence-corrected chi connectivity index (χ1v) is 9.29. The van der Waals surface area contributed by atoms with E-state index in [1.807, 2.05) is 30.3 Å². The number of carbonyl (C=O) groups excluding carboxylic acids is 1. The molecule has 144 valence electrons. The third kappa shape index (κ3) is 4.38. The lowest BCUT2D eigenvalue weighted by atomic mass is 10.1. The molecule has 2 aromatic heterocycles. The molecule has 2 N–H and O–H groups in total. The summed E-state index contributed by atoms with van der Waals surface area (Å²) in [4.78, 5) is 21.0. The van der Waals surface area contributed by atoms with Crippen LogP contribution in [0, 0.1) is 5.82 Å². The fraction of sp³-hybridized carbons (Fsp3) is 0.0870. The molecule has 0 bridgehead atoms. The van der Waals surface area contributed by atoms with Crippen molar-refractivity contribution in [2.24, 2.45) is 0 Å². The summed E-state index contributed by atoms with van der Waals surface area (Å²) in [6.45, 7) is 0.326. The van der Waals surface area contributed by atoms with Crippen LogP contribution in [0.4, 0.5) is 15.8 Å². The van der Waals surface area contributed by atoms with E-state index in [4.69, 9.17) is 0 Å². The smallest absolute Gasteiger partial charge is 0.269 e. The average molecular weight is 386 g/mol. The molecule has 1 amide bonds. The third-order valence-electron chi connectivity index (χ3n) is 4.54. The fourth-order valence-electron chi connectivity index (χ4n) is 3.10. The van der Waals surface area contributed by atoms with Crippen LogP contribution in [0.15, 0.2) is 79.1 Å². The SMILES string of the molecule is O=C(NCCc1ccccc1F)c1cc(Nc2cccc3cccnc23)ccn1. The summed E-state index contributed by atoms with van der Waals surface area (Å²) in [5.74, 6) is -0.573. The highest BCUT2D eigenvalue weighted by molar-refractivity contribution is 5.95. The molecule has 5 nitrogen and oxygen atoms in total. The summed E-state index contributed by atoms with van der Waals surface area (Å²) in [7, 11) is 0. The normalized spacial score (nSPS) is 10.7. The Morgan fingerprint density at radius 1 is 0.931 bits per heavy atom. The van der Waals surface area contributed by atoms with Gasteiger partial charge in [-0.3, -0.25) is 14.8 Å². The molecule has 0 aliphatic carbocycles. The van der Waals surface area contributed by atoms with Gasteiger partial charge in [0.2, 0.25) is 0 Å². The van der Waals surface area contributed by atoms with Crippen molar-refractivity contribution in [3.05, 3.63) is 96.2 Å². The van der Waals surface area contributed by atoms with E-state index in [1.54, 1.807) is 42.7 Å². The van der Waals surface area contributed by atoms with Crippen molar-refractivity contribution in [3.8, 4) is 0 Å². The highest BCUT2D eigenvalue weighted by Gasteiger charge is 2.09. The monoisotopic (exact) mass is 386 g/mol. The van der Waals surface area contributed by atoms with Crippen molar-refractivity contribution in [2.75, 3.05) is 11.9 Å². The number of amides is 1. The summed E-state index contributed by atoms with van der Waals surface area (Å²) in [5, 5.41) is 7.11. The zero-order valence-corrected chi connectivity index (χ0v) is 15.6. The Morgan fingerprint density at radius 2 is 1.79 bits per heavy atom. The Balaban J connectivity index is 1.44. The highest BCUT2D eigenvalue weighted by atomic mass is 19.1. The van der Waals surface area contributed by atoms with Gasteiger partial charge in [0, 0.05) is 30.0 Å². The van der Waals surface area contributed by atoms with Gasteiger partial charge in [-0.05, 0) is 42.3 Å². The Morgan fingerprint density at radius 3 is 2.69 bits per heavy atom. The topological polar surface area (TPSA) is 66.9 Å². The summed E-state index contributed by atoms with van der Waals surface area (Å²) in [6.07, 6.45) is 3.74.